The molecule has 0 aliphatic carbocycles. The van der Waals surface area contributed by atoms with Gasteiger partial charge in [0, 0.05) is 25.2 Å². The van der Waals surface area contributed by atoms with Crippen molar-refractivity contribution in [3.05, 3.63) is 65.7 Å². The number of carbonyl (C=O) groups is 2. The Morgan fingerprint density at radius 3 is 2.27 bits per heavy atom. The third-order valence-electron chi connectivity index (χ3n) is 6.64. The molecule has 2 atom stereocenters. The van der Waals surface area contributed by atoms with E-state index in [9.17, 15) is 9.59 Å². The normalized spacial score (nSPS) is 21.2. The molecule has 7 heteroatoms. The van der Waals surface area contributed by atoms with Gasteiger partial charge < -0.3 is 15.8 Å². The molecule has 7 nitrogen and oxygen atoms in total. The Balaban J connectivity index is 1.26. The maximum absolute atomic E-state index is 12.7. The molecule has 0 bridgehead atoms. The standard InChI is InChI=1S/C26H34N4O3/c27-25(31)19-33-22-12-10-20(11-13-22)16-28-26(32)18-30-15-5-9-24(30)23-8-4-14-29(23)17-21-6-2-1-3-7-21/h1-3,6-7,10-13,23-24H,4-5,8-9,14-19H2,(H2,27,31)(H,28,32)/t23-,24+/m1/s1. The number of nitrogens with zero attached hydrogens (tertiary/aromatic N) is 2. The molecule has 2 aromatic rings. The number of nitrogens with one attached hydrogen (secondary N) is 1. The Bertz CT molecular complexity index is 919. The van der Waals surface area contributed by atoms with Gasteiger partial charge in [-0.2, -0.15) is 0 Å². The van der Waals surface area contributed by atoms with Gasteiger partial charge in [0.1, 0.15) is 5.75 Å². The first-order valence-electron chi connectivity index (χ1n) is 11.9. The van der Waals surface area contributed by atoms with Crippen LogP contribution in [0.15, 0.2) is 54.6 Å². The highest BCUT2D eigenvalue weighted by Crippen LogP contribution is 2.30. The second kappa shape index (κ2) is 11.3. The van der Waals surface area contributed by atoms with Crippen molar-refractivity contribution >= 4 is 11.8 Å². The van der Waals surface area contributed by atoms with E-state index in [0.29, 0.717) is 30.9 Å². The van der Waals surface area contributed by atoms with Crippen LogP contribution in [0.3, 0.4) is 0 Å². The van der Waals surface area contributed by atoms with Gasteiger partial charge in [0.05, 0.1) is 6.54 Å². The van der Waals surface area contributed by atoms with Crippen LogP contribution in [0.25, 0.3) is 0 Å². The summed E-state index contributed by atoms with van der Waals surface area (Å²) in [5.74, 6) is 0.135. The molecule has 2 aliphatic heterocycles. The molecule has 2 heterocycles. The summed E-state index contributed by atoms with van der Waals surface area (Å²) in [6, 6.07) is 19.0. The van der Waals surface area contributed by atoms with E-state index < -0.39 is 5.91 Å². The van der Waals surface area contributed by atoms with Crippen LogP contribution in [0.2, 0.25) is 0 Å². The van der Waals surface area contributed by atoms with Crippen LogP contribution in [0, 0.1) is 0 Å². The summed E-state index contributed by atoms with van der Waals surface area (Å²) < 4.78 is 5.27. The van der Waals surface area contributed by atoms with Crippen LogP contribution < -0.4 is 15.8 Å². The lowest BCUT2D eigenvalue weighted by Crippen LogP contribution is -2.48. The molecule has 33 heavy (non-hydrogen) atoms. The summed E-state index contributed by atoms with van der Waals surface area (Å²) in [5, 5.41) is 3.05. The molecule has 176 valence electrons. The average molecular weight is 451 g/mol. The lowest BCUT2D eigenvalue weighted by molar-refractivity contribution is -0.123. The fraction of sp³-hybridized carbons (Fsp3) is 0.462. The number of benzene rings is 2. The highest BCUT2D eigenvalue weighted by molar-refractivity contribution is 5.78. The number of amides is 2. The second-order valence-corrected chi connectivity index (χ2v) is 9.02. The van der Waals surface area contributed by atoms with Gasteiger partial charge in [-0.05, 0) is 62.0 Å². The summed E-state index contributed by atoms with van der Waals surface area (Å²) in [4.78, 5) is 28.5. The third-order valence-corrected chi connectivity index (χ3v) is 6.64. The van der Waals surface area contributed by atoms with Crippen LogP contribution in [-0.4, -0.2) is 59.9 Å². The zero-order chi connectivity index (χ0) is 23.0. The van der Waals surface area contributed by atoms with Gasteiger partial charge in [-0.15, -0.1) is 0 Å². The topological polar surface area (TPSA) is 87.9 Å². The number of hydrogen-bond acceptors (Lipinski definition) is 5. The Labute approximate surface area is 195 Å². The second-order valence-electron chi connectivity index (χ2n) is 9.02. The highest BCUT2D eigenvalue weighted by Gasteiger charge is 2.38. The predicted molar refractivity (Wildman–Crippen MR) is 127 cm³/mol. The first-order valence-corrected chi connectivity index (χ1v) is 11.9. The SMILES string of the molecule is NC(=O)COc1ccc(CNC(=O)CN2CCC[C@H]2[C@H]2CCCN2Cc2ccccc2)cc1. The van der Waals surface area contributed by atoms with Crippen LogP contribution >= 0.6 is 0 Å². The molecule has 2 amide bonds. The predicted octanol–water partition coefficient (Wildman–Crippen LogP) is 2.30. The van der Waals surface area contributed by atoms with Crippen LogP contribution in [0.4, 0.5) is 0 Å². The van der Waals surface area contributed by atoms with Gasteiger partial charge in [0.2, 0.25) is 5.91 Å². The Kier molecular flexibility index (Phi) is 7.96. The van der Waals surface area contributed by atoms with Gasteiger partial charge in [0.25, 0.3) is 5.91 Å². The maximum atomic E-state index is 12.7. The molecule has 0 saturated carbocycles. The van der Waals surface area contributed by atoms with Crippen LogP contribution in [-0.2, 0) is 22.7 Å². The molecule has 2 fully saturated rings. The summed E-state index contributed by atoms with van der Waals surface area (Å²) in [7, 11) is 0. The van der Waals surface area contributed by atoms with E-state index in [4.69, 9.17) is 10.5 Å². The molecular formula is C26H34N4O3. The van der Waals surface area contributed by atoms with E-state index in [1.165, 1.54) is 18.4 Å². The average Bonchev–Trinajstić information content (AvgIpc) is 3.46. The quantitative estimate of drug-likeness (QED) is 0.580. The van der Waals surface area contributed by atoms with Gasteiger partial charge in [-0.25, -0.2) is 0 Å². The lowest BCUT2D eigenvalue weighted by Gasteiger charge is -2.34. The minimum atomic E-state index is -0.507. The number of nitrogens with two attached hydrogens (primary N) is 1. The van der Waals surface area contributed by atoms with Crippen molar-refractivity contribution in [2.75, 3.05) is 26.2 Å². The fourth-order valence-electron chi connectivity index (χ4n) is 5.08. The van der Waals surface area contributed by atoms with Crippen molar-refractivity contribution in [2.45, 2.75) is 50.9 Å². The number of ether oxygens (including phenoxy) is 1. The summed E-state index contributed by atoms with van der Waals surface area (Å²) in [6.45, 7) is 3.88. The molecule has 4 rings (SSSR count). The van der Waals surface area contributed by atoms with E-state index in [1.807, 2.05) is 12.1 Å². The molecule has 2 aromatic carbocycles. The van der Waals surface area contributed by atoms with E-state index in [2.05, 4.69) is 45.4 Å². The van der Waals surface area contributed by atoms with E-state index in [1.54, 1.807) is 12.1 Å². The zero-order valence-corrected chi connectivity index (χ0v) is 19.1. The Morgan fingerprint density at radius 2 is 1.58 bits per heavy atom. The monoisotopic (exact) mass is 450 g/mol. The Morgan fingerprint density at radius 1 is 0.909 bits per heavy atom. The van der Waals surface area contributed by atoms with Gasteiger partial charge in [-0.3, -0.25) is 19.4 Å². The summed E-state index contributed by atoms with van der Waals surface area (Å²) in [5.41, 5.74) is 7.43. The number of rotatable bonds is 10. The molecule has 0 spiro atoms. The first-order chi connectivity index (χ1) is 16.1. The number of primary amides is 1. The van der Waals surface area contributed by atoms with Crippen molar-refractivity contribution in [3.8, 4) is 5.75 Å². The molecule has 0 radical (unpaired) electrons. The van der Waals surface area contributed by atoms with Gasteiger partial charge in [-0.1, -0.05) is 42.5 Å². The molecule has 2 saturated heterocycles. The molecule has 2 aliphatic rings. The van der Waals surface area contributed by atoms with Gasteiger partial charge >= 0.3 is 0 Å². The van der Waals surface area contributed by atoms with Crippen molar-refractivity contribution in [1.29, 1.82) is 0 Å². The lowest BCUT2D eigenvalue weighted by atomic mass is 10.0. The minimum absolute atomic E-state index is 0.0589. The number of carbonyl (C=O) groups excluding carboxylic acids is 2. The van der Waals surface area contributed by atoms with Crippen LogP contribution in [0.1, 0.15) is 36.8 Å². The van der Waals surface area contributed by atoms with E-state index in [-0.39, 0.29) is 12.5 Å². The summed E-state index contributed by atoms with van der Waals surface area (Å²) in [6.07, 6.45) is 4.75. The third kappa shape index (κ3) is 6.55. The number of hydrogen-bond donors (Lipinski definition) is 2. The van der Waals surface area contributed by atoms with Crippen molar-refractivity contribution in [3.63, 3.8) is 0 Å². The van der Waals surface area contributed by atoms with Gasteiger partial charge in [0.15, 0.2) is 6.61 Å². The molecule has 3 N–H and O–H groups in total. The maximum Gasteiger partial charge on any atom is 0.255 e. The van der Waals surface area contributed by atoms with Crippen LogP contribution in [0.5, 0.6) is 5.75 Å². The molecular weight excluding hydrogens is 416 g/mol. The fourth-order valence-corrected chi connectivity index (χ4v) is 5.08. The molecule has 0 unspecified atom stereocenters. The first kappa shape index (κ1) is 23.3. The van der Waals surface area contributed by atoms with Crippen molar-refractivity contribution < 1.29 is 14.3 Å². The van der Waals surface area contributed by atoms with E-state index >= 15 is 0 Å². The minimum Gasteiger partial charge on any atom is -0.484 e. The van der Waals surface area contributed by atoms with Crippen molar-refractivity contribution in [1.82, 2.24) is 15.1 Å². The number of likely N-dealkylation sites (tertiary alicyclic amines) is 2. The largest absolute Gasteiger partial charge is 0.484 e. The zero-order valence-electron chi connectivity index (χ0n) is 19.1. The Hall–Kier alpha value is -2.90. The highest BCUT2D eigenvalue weighted by atomic mass is 16.5. The summed E-state index contributed by atoms with van der Waals surface area (Å²) >= 11 is 0. The van der Waals surface area contributed by atoms with E-state index in [0.717, 1.165) is 38.0 Å². The van der Waals surface area contributed by atoms with Crippen molar-refractivity contribution in [2.24, 2.45) is 5.73 Å². The molecule has 0 aromatic heterocycles. The smallest absolute Gasteiger partial charge is 0.255 e.